The Hall–Kier alpha value is -2.76. The SMILES string of the molecule is O=[N+]([O-])c1cccc(N2C3=C(CCC3)Cc3nccnc32)c1. The number of benzene rings is 1. The topological polar surface area (TPSA) is 72.2 Å². The van der Waals surface area contributed by atoms with Crippen molar-refractivity contribution in [1.29, 1.82) is 0 Å². The third-order valence-electron chi connectivity index (χ3n) is 4.21. The van der Waals surface area contributed by atoms with Gasteiger partial charge in [0.05, 0.1) is 16.3 Å². The molecule has 0 atom stereocenters. The van der Waals surface area contributed by atoms with Gasteiger partial charge in [-0.25, -0.2) is 4.98 Å². The van der Waals surface area contributed by atoms with Gasteiger partial charge in [-0.1, -0.05) is 6.07 Å². The van der Waals surface area contributed by atoms with Gasteiger partial charge in [0.2, 0.25) is 0 Å². The Morgan fingerprint density at radius 2 is 2.05 bits per heavy atom. The maximum Gasteiger partial charge on any atom is 0.271 e. The zero-order valence-electron chi connectivity index (χ0n) is 11.9. The molecule has 0 bridgehead atoms. The fourth-order valence-corrected chi connectivity index (χ4v) is 3.28. The van der Waals surface area contributed by atoms with E-state index >= 15 is 0 Å². The molecule has 6 heteroatoms. The summed E-state index contributed by atoms with van der Waals surface area (Å²) < 4.78 is 0. The monoisotopic (exact) mass is 294 g/mol. The highest BCUT2D eigenvalue weighted by molar-refractivity contribution is 5.72. The van der Waals surface area contributed by atoms with E-state index in [0.29, 0.717) is 0 Å². The van der Waals surface area contributed by atoms with Crippen LogP contribution in [0.1, 0.15) is 25.0 Å². The Balaban J connectivity index is 1.89. The predicted octanol–water partition coefficient (Wildman–Crippen LogP) is 3.52. The van der Waals surface area contributed by atoms with Crippen LogP contribution in [-0.4, -0.2) is 14.9 Å². The first-order valence-corrected chi connectivity index (χ1v) is 7.29. The van der Waals surface area contributed by atoms with Crippen LogP contribution in [-0.2, 0) is 6.42 Å². The van der Waals surface area contributed by atoms with Gasteiger partial charge in [-0.15, -0.1) is 0 Å². The fraction of sp³-hybridized carbons (Fsp3) is 0.250. The summed E-state index contributed by atoms with van der Waals surface area (Å²) in [6, 6.07) is 6.72. The molecule has 22 heavy (non-hydrogen) atoms. The quantitative estimate of drug-likeness (QED) is 0.626. The van der Waals surface area contributed by atoms with Crippen molar-refractivity contribution in [2.24, 2.45) is 0 Å². The van der Waals surface area contributed by atoms with Gasteiger partial charge in [0.25, 0.3) is 5.69 Å². The second-order valence-corrected chi connectivity index (χ2v) is 5.52. The number of nitro benzene ring substituents is 1. The molecule has 2 aromatic rings. The lowest BCUT2D eigenvalue weighted by atomic mass is 10.0. The number of rotatable bonds is 2. The minimum atomic E-state index is -0.366. The van der Waals surface area contributed by atoms with Crippen LogP contribution in [0, 0.1) is 10.1 Å². The van der Waals surface area contributed by atoms with Crippen LogP contribution in [0.25, 0.3) is 0 Å². The Kier molecular flexibility index (Phi) is 2.89. The first-order chi connectivity index (χ1) is 10.7. The Morgan fingerprint density at radius 3 is 2.91 bits per heavy atom. The standard InChI is InChI=1S/C16H14N4O2/c21-20(22)13-5-2-4-12(10-13)19-15-6-1-3-11(15)9-14-16(19)18-8-7-17-14/h2,4-5,7-8,10H,1,3,6,9H2. The smallest absolute Gasteiger partial charge is 0.271 e. The third kappa shape index (κ3) is 1.95. The molecule has 0 saturated heterocycles. The van der Waals surface area contributed by atoms with Crippen molar-refractivity contribution in [2.75, 3.05) is 4.90 Å². The van der Waals surface area contributed by atoms with Gasteiger partial charge < -0.3 is 0 Å². The lowest BCUT2D eigenvalue weighted by molar-refractivity contribution is -0.384. The van der Waals surface area contributed by atoms with Crippen molar-refractivity contribution in [1.82, 2.24) is 9.97 Å². The number of non-ortho nitro benzene ring substituents is 1. The number of hydrogen-bond donors (Lipinski definition) is 0. The van der Waals surface area contributed by atoms with E-state index in [1.54, 1.807) is 24.5 Å². The van der Waals surface area contributed by atoms with Crippen molar-refractivity contribution in [3.63, 3.8) is 0 Å². The minimum Gasteiger partial charge on any atom is -0.297 e. The van der Waals surface area contributed by atoms with E-state index in [0.717, 1.165) is 42.9 Å². The summed E-state index contributed by atoms with van der Waals surface area (Å²) in [5, 5.41) is 11.1. The number of aromatic nitrogens is 2. The van der Waals surface area contributed by atoms with Crippen LogP contribution < -0.4 is 4.90 Å². The largest absolute Gasteiger partial charge is 0.297 e. The molecule has 0 N–H and O–H groups in total. The number of allylic oxidation sites excluding steroid dienone is 2. The molecular weight excluding hydrogens is 280 g/mol. The van der Waals surface area contributed by atoms with E-state index in [1.807, 2.05) is 11.0 Å². The summed E-state index contributed by atoms with van der Waals surface area (Å²) in [5.41, 5.74) is 4.42. The van der Waals surface area contributed by atoms with Crippen LogP contribution >= 0.6 is 0 Å². The lowest BCUT2D eigenvalue weighted by Crippen LogP contribution is -2.24. The number of fused-ring (bicyclic) bond motifs is 1. The number of nitrogens with zero attached hydrogens (tertiary/aromatic N) is 4. The molecule has 0 spiro atoms. The molecule has 0 saturated carbocycles. The number of anilines is 2. The van der Waals surface area contributed by atoms with E-state index < -0.39 is 0 Å². The molecule has 0 fully saturated rings. The molecule has 6 nitrogen and oxygen atoms in total. The van der Waals surface area contributed by atoms with Crippen molar-refractivity contribution >= 4 is 17.2 Å². The number of nitro groups is 1. The van der Waals surface area contributed by atoms with Crippen LogP contribution in [0.4, 0.5) is 17.2 Å². The third-order valence-corrected chi connectivity index (χ3v) is 4.21. The van der Waals surface area contributed by atoms with Crippen molar-refractivity contribution in [3.8, 4) is 0 Å². The van der Waals surface area contributed by atoms with Gasteiger partial charge in [0.15, 0.2) is 5.82 Å². The molecule has 1 aliphatic carbocycles. The molecule has 0 amide bonds. The molecule has 0 unspecified atom stereocenters. The van der Waals surface area contributed by atoms with Crippen LogP contribution in [0.15, 0.2) is 47.9 Å². The predicted molar refractivity (Wildman–Crippen MR) is 81.8 cm³/mol. The van der Waals surface area contributed by atoms with Crippen LogP contribution in [0.3, 0.4) is 0 Å². The van der Waals surface area contributed by atoms with Gasteiger partial charge in [-0.2, -0.15) is 0 Å². The number of hydrogen-bond acceptors (Lipinski definition) is 5. The molecule has 2 heterocycles. The highest BCUT2D eigenvalue weighted by Crippen LogP contribution is 2.43. The van der Waals surface area contributed by atoms with Crippen molar-refractivity contribution < 1.29 is 4.92 Å². The van der Waals surface area contributed by atoms with Crippen LogP contribution in [0.2, 0.25) is 0 Å². The average molecular weight is 294 g/mol. The Bertz CT molecular complexity index is 800. The Labute approximate surface area is 127 Å². The summed E-state index contributed by atoms with van der Waals surface area (Å²) >= 11 is 0. The van der Waals surface area contributed by atoms with Crippen LogP contribution in [0.5, 0.6) is 0 Å². The molecule has 110 valence electrons. The summed E-state index contributed by atoms with van der Waals surface area (Å²) in [6.07, 6.45) is 7.37. The lowest BCUT2D eigenvalue weighted by Gasteiger charge is -2.31. The van der Waals surface area contributed by atoms with E-state index in [-0.39, 0.29) is 10.6 Å². The van der Waals surface area contributed by atoms with Crippen molar-refractivity contribution in [2.45, 2.75) is 25.7 Å². The summed E-state index contributed by atoms with van der Waals surface area (Å²) in [4.78, 5) is 21.6. The zero-order chi connectivity index (χ0) is 15.1. The molecule has 1 aromatic carbocycles. The van der Waals surface area contributed by atoms with E-state index in [9.17, 15) is 10.1 Å². The van der Waals surface area contributed by atoms with Gasteiger partial charge in [0, 0.05) is 36.6 Å². The molecular formula is C16H14N4O2. The molecule has 1 aromatic heterocycles. The van der Waals surface area contributed by atoms with E-state index in [2.05, 4.69) is 9.97 Å². The van der Waals surface area contributed by atoms with Gasteiger partial charge in [0.1, 0.15) is 0 Å². The maximum absolute atomic E-state index is 11.1. The minimum absolute atomic E-state index is 0.0914. The zero-order valence-corrected chi connectivity index (χ0v) is 11.9. The fourth-order valence-electron chi connectivity index (χ4n) is 3.28. The summed E-state index contributed by atoms with van der Waals surface area (Å²) in [7, 11) is 0. The van der Waals surface area contributed by atoms with Crippen molar-refractivity contribution in [3.05, 3.63) is 63.7 Å². The van der Waals surface area contributed by atoms with Gasteiger partial charge in [-0.3, -0.25) is 20.0 Å². The first-order valence-electron chi connectivity index (χ1n) is 7.29. The first kappa shape index (κ1) is 12.9. The maximum atomic E-state index is 11.1. The van der Waals surface area contributed by atoms with Gasteiger partial charge in [-0.05, 0) is 30.9 Å². The molecule has 4 rings (SSSR count). The highest BCUT2D eigenvalue weighted by atomic mass is 16.6. The second kappa shape index (κ2) is 4.91. The Morgan fingerprint density at radius 1 is 1.18 bits per heavy atom. The molecule has 2 aliphatic rings. The van der Waals surface area contributed by atoms with E-state index in [4.69, 9.17) is 0 Å². The van der Waals surface area contributed by atoms with E-state index in [1.165, 1.54) is 17.3 Å². The molecule has 1 aliphatic heterocycles. The summed E-state index contributed by atoms with van der Waals surface area (Å²) in [6.45, 7) is 0. The second-order valence-electron chi connectivity index (χ2n) is 5.52. The highest BCUT2D eigenvalue weighted by Gasteiger charge is 2.31. The summed E-state index contributed by atoms with van der Waals surface area (Å²) in [5.74, 6) is 0.795. The normalized spacial score (nSPS) is 16.5. The average Bonchev–Trinajstić information content (AvgIpc) is 3.00. The van der Waals surface area contributed by atoms with Gasteiger partial charge >= 0.3 is 0 Å². The molecule has 0 radical (unpaired) electrons.